The van der Waals surface area contributed by atoms with Gasteiger partial charge < -0.3 is 14.2 Å². The van der Waals surface area contributed by atoms with Gasteiger partial charge in [-0.1, -0.05) is 268 Å². The van der Waals surface area contributed by atoms with Gasteiger partial charge in [0, 0.05) is 19.3 Å². The molecule has 0 bridgehead atoms. The summed E-state index contributed by atoms with van der Waals surface area (Å²) in [6.45, 7) is 6.62. The predicted octanol–water partition coefficient (Wildman–Crippen LogP) is 20.6. The van der Waals surface area contributed by atoms with E-state index in [4.69, 9.17) is 14.2 Å². The third kappa shape index (κ3) is 56.3. The molecule has 0 aliphatic rings. The van der Waals surface area contributed by atoms with Gasteiger partial charge in [0.15, 0.2) is 6.10 Å². The minimum Gasteiger partial charge on any atom is -0.462 e. The van der Waals surface area contributed by atoms with Gasteiger partial charge in [-0.2, -0.15) is 0 Å². The Hall–Kier alpha value is -2.63. The first-order valence-electron chi connectivity index (χ1n) is 30.6. The summed E-state index contributed by atoms with van der Waals surface area (Å²) in [4.78, 5) is 38.2. The second kappa shape index (κ2) is 58.9. The molecular formula is C64H116O6. The summed E-state index contributed by atoms with van der Waals surface area (Å²) in [5.74, 6) is -0.909. The number of ether oxygens (including phenoxy) is 3. The van der Waals surface area contributed by atoms with Gasteiger partial charge in [-0.3, -0.25) is 14.4 Å². The second-order valence-electron chi connectivity index (χ2n) is 20.6. The summed E-state index contributed by atoms with van der Waals surface area (Å²) in [6, 6.07) is 0. The molecule has 0 aliphatic heterocycles. The highest BCUT2D eigenvalue weighted by Gasteiger charge is 2.19. The van der Waals surface area contributed by atoms with Gasteiger partial charge in [-0.05, 0) is 83.5 Å². The van der Waals surface area contributed by atoms with Crippen LogP contribution in [0, 0.1) is 0 Å². The number of carbonyl (C=O) groups is 3. The van der Waals surface area contributed by atoms with Crippen molar-refractivity contribution in [3.8, 4) is 0 Å². The molecule has 0 radical (unpaired) electrons. The number of esters is 3. The van der Waals surface area contributed by atoms with Gasteiger partial charge in [0.25, 0.3) is 0 Å². The number of rotatable bonds is 56. The van der Waals surface area contributed by atoms with Crippen LogP contribution in [0.1, 0.15) is 323 Å². The van der Waals surface area contributed by atoms with E-state index in [1.807, 2.05) is 0 Å². The van der Waals surface area contributed by atoms with Crippen LogP contribution in [0.2, 0.25) is 0 Å². The maximum absolute atomic E-state index is 12.9. The van der Waals surface area contributed by atoms with Crippen LogP contribution in [-0.4, -0.2) is 37.2 Å². The van der Waals surface area contributed by atoms with Crippen LogP contribution < -0.4 is 0 Å². The van der Waals surface area contributed by atoms with Crippen molar-refractivity contribution < 1.29 is 28.6 Å². The molecule has 0 aromatic rings. The van der Waals surface area contributed by atoms with E-state index >= 15 is 0 Å². The molecule has 0 amide bonds. The molecule has 0 saturated heterocycles. The molecule has 0 N–H and O–H groups in total. The van der Waals surface area contributed by atoms with Crippen LogP contribution in [-0.2, 0) is 28.6 Å². The molecule has 0 heterocycles. The summed E-state index contributed by atoms with van der Waals surface area (Å²) >= 11 is 0. The average Bonchev–Trinajstić information content (AvgIpc) is 3.36. The number of hydrogen-bond donors (Lipinski definition) is 0. The Kier molecular flexibility index (Phi) is 56.7. The fraction of sp³-hybridized carbons (Fsp3) is 0.828. The van der Waals surface area contributed by atoms with Crippen LogP contribution >= 0.6 is 0 Å². The van der Waals surface area contributed by atoms with E-state index in [1.165, 1.54) is 212 Å². The highest BCUT2D eigenvalue weighted by molar-refractivity contribution is 5.71. The van der Waals surface area contributed by atoms with Crippen molar-refractivity contribution in [2.24, 2.45) is 0 Å². The van der Waals surface area contributed by atoms with Gasteiger partial charge >= 0.3 is 17.9 Å². The minimum absolute atomic E-state index is 0.0843. The lowest BCUT2D eigenvalue weighted by Crippen LogP contribution is -2.30. The van der Waals surface area contributed by atoms with Crippen LogP contribution in [0.25, 0.3) is 0 Å². The quantitative estimate of drug-likeness (QED) is 0.0261. The van der Waals surface area contributed by atoms with Crippen LogP contribution in [0.4, 0.5) is 0 Å². The van der Waals surface area contributed by atoms with E-state index < -0.39 is 6.10 Å². The first-order valence-corrected chi connectivity index (χ1v) is 30.6. The van der Waals surface area contributed by atoms with Crippen molar-refractivity contribution in [2.45, 2.75) is 329 Å². The summed E-state index contributed by atoms with van der Waals surface area (Å²) < 4.78 is 16.9. The van der Waals surface area contributed by atoms with Crippen molar-refractivity contribution in [2.75, 3.05) is 13.2 Å². The van der Waals surface area contributed by atoms with Gasteiger partial charge in [0.05, 0.1) is 0 Å². The number of carbonyl (C=O) groups excluding carboxylic acids is 3. The Labute approximate surface area is 435 Å². The molecule has 0 saturated carbocycles. The van der Waals surface area contributed by atoms with Crippen LogP contribution in [0.15, 0.2) is 48.6 Å². The standard InChI is InChI=1S/C64H116O6/c1-4-7-10-13-16-19-22-25-28-30-32-34-36-39-42-45-48-51-54-57-63(66)69-60-61(59-68-62(65)56-53-50-47-44-41-38-35-27-24-21-18-15-12-9-6-3)70-64(67)58-55-52-49-46-43-40-37-33-31-29-26-23-20-17-14-11-8-5-2/h18,21,27,30,32,35,41,44,61H,4-17,19-20,22-26,28-29,31,33-34,36-40,42-43,45-60H2,1-3H3/b21-18-,32-30-,35-27-,44-41-/t61-/m1/s1. The lowest BCUT2D eigenvalue weighted by Gasteiger charge is -2.18. The Bertz CT molecular complexity index is 1220. The Morgan fingerprint density at radius 2 is 0.514 bits per heavy atom. The third-order valence-electron chi connectivity index (χ3n) is 13.6. The summed E-state index contributed by atoms with van der Waals surface area (Å²) in [7, 11) is 0. The molecule has 0 aromatic heterocycles. The van der Waals surface area contributed by atoms with Crippen molar-refractivity contribution in [3.63, 3.8) is 0 Å². The summed E-state index contributed by atoms with van der Waals surface area (Å²) in [5, 5.41) is 0. The second-order valence-corrected chi connectivity index (χ2v) is 20.6. The van der Waals surface area contributed by atoms with Gasteiger partial charge in [0.1, 0.15) is 13.2 Å². The molecule has 6 heteroatoms. The third-order valence-corrected chi connectivity index (χ3v) is 13.6. The smallest absolute Gasteiger partial charge is 0.306 e. The predicted molar refractivity (Wildman–Crippen MR) is 302 cm³/mol. The number of hydrogen-bond acceptors (Lipinski definition) is 6. The molecule has 70 heavy (non-hydrogen) atoms. The molecule has 408 valence electrons. The van der Waals surface area contributed by atoms with Gasteiger partial charge in [0.2, 0.25) is 0 Å². The topological polar surface area (TPSA) is 78.9 Å². The SMILES string of the molecule is CCCCC/C=C\C/C=C\C/C=C\CCCCC(=O)OC[C@H](COC(=O)CCCCCCCCC/C=C\CCCCCCCCCC)OC(=O)CCCCCCCCCCCCCCCCCCCC. The molecular weight excluding hydrogens is 865 g/mol. The normalized spacial score (nSPS) is 12.3. The van der Waals surface area contributed by atoms with E-state index in [2.05, 4.69) is 69.4 Å². The molecule has 1 atom stereocenters. The van der Waals surface area contributed by atoms with Crippen molar-refractivity contribution in [3.05, 3.63) is 48.6 Å². The molecule has 0 spiro atoms. The lowest BCUT2D eigenvalue weighted by molar-refractivity contribution is -0.167. The molecule has 0 fully saturated rings. The highest BCUT2D eigenvalue weighted by atomic mass is 16.6. The fourth-order valence-corrected chi connectivity index (χ4v) is 8.92. The molecule has 0 aromatic carbocycles. The molecule has 0 unspecified atom stereocenters. The zero-order chi connectivity index (χ0) is 50.7. The number of unbranched alkanes of at least 4 members (excludes halogenated alkanes) is 37. The Balaban J connectivity index is 4.38. The van der Waals surface area contributed by atoms with Crippen molar-refractivity contribution in [1.82, 2.24) is 0 Å². The molecule has 0 rings (SSSR count). The van der Waals surface area contributed by atoms with E-state index in [9.17, 15) is 14.4 Å². The zero-order valence-corrected chi connectivity index (χ0v) is 46.8. The first-order chi connectivity index (χ1) is 34.5. The lowest BCUT2D eigenvalue weighted by atomic mass is 10.0. The van der Waals surface area contributed by atoms with Crippen molar-refractivity contribution in [1.29, 1.82) is 0 Å². The van der Waals surface area contributed by atoms with Crippen LogP contribution in [0.5, 0.6) is 0 Å². The average molecular weight is 982 g/mol. The van der Waals surface area contributed by atoms with Crippen LogP contribution in [0.3, 0.4) is 0 Å². The molecule has 0 aliphatic carbocycles. The van der Waals surface area contributed by atoms with Gasteiger partial charge in [-0.25, -0.2) is 0 Å². The zero-order valence-electron chi connectivity index (χ0n) is 46.8. The van der Waals surface area contributed by atoms with Gasteiger partial charge in [-0.15, -0.1) is 0 Å². The molecule has 6 nitrogen and oxygen atoms in total. The summed E-state index contributed by atoms with van der Waals surface area (Å²) in [5.41, 5.74) is 0. The van der Waals surface area contributed by atoms with Crippen molar-refractivity contribution >= 4 is 17.9 Å². The Morgan fingerprint density at radius 3 is 0.871 bits per heavy atom. The number of allylic oxidation sites excluding steroid dienone is 8. The summed E-state index contributed by atoms with van der Waals surface area (Å²) in [6.07, 6.45) is 72.5. The first kappa shape index (κ1) is 67.4. The minimum atomic E-state index is -0.788. The largest absolute Gasteiger partial charge is 0.462 e. The van der Waals surface area contributed by atoms with E-state index in [0.29, 0.717) is 19.3 Å². The maximum Gasteiger partial charge on any atom is 0.306 e. The van der Waals surface area contributed by atoms with E-state index in [-0.39, 0.29) is 31.1 Å². The monoisotopic (exact) mass is 981 g/mol. The fourth-order valence-electron chi connectivity index (χ4n) is 8.92. The van der Waals surface area contributed by atoms with E-state index in [1.54, 1.807) is 0 Å². The highest BCUT2D eigenvalue weighted by Crippen LogP contribution is 2.17. The Morgan fingerprint density at radius 1 is 0.286 bits per heavy atom. The maximum atomic E-state index is 12.9. The van der Waals surface area contributed by atoms with E-state index in [0.717, 1.165) is 70.6 Å².